The molecular formula is C26H23N3O5. The summed E-state index contributed by atoms with van der Waals surface area (Å²) in [5, 5.41) is 0.951. The first-order chi connectivity index (χ1) is 16.4. The Balaban J connectivity index is 1.71. The smallest absolute Gasteiger partial charge is 0.273 e. The highest BCUT2D eigenvalue weighted by Crippen LogP contribution is 2.26. The minimum atomic E-state index is -1.21. The molecular weight excluding hydrogens is 434 g/mol. The van der Waals surface area contributed by atoms with Crippen molar-refractivity contribution in [3.63, 3.8) is 0 Å². The molecule has 0 saturated carbocycles. The number of methoxy groups -OCH3 is 1. The van der Waals surface area contributed by atoms with Crippen molar-refractivity contribution in [1.82, 2.24) is 10.4 Å². The van der Waals surface area contributed by atoms with Gasteiger partial charge in [0.2, 0.25) is 5.91 Å². The fourth-order valence-electron chi connectivity index (χ4n) is 3.86. The highest BCUT2D eigenvalue weighted by Gasteiger charge is 2.45. The van der Waals surface area contributed by atoms with E-state index in [1.165, 1.54) is 7.11 Å². The molecule has 0 radical (unpaired) electrons. The fraction of sp³-hybridized carbons (Fsp3) is 0.154. The first-order valence-corrected chi connectivity index (χ1v) is 10.7. The summed E-state index contributed by atoms with van der Waals surface area (Å²) >= 11 is 0. The molecule has 1 aliphatic heterocycles. The van der Waals surface area contributed by atoms with Crippen molar-refractivity contribution < 1.29 is 23.9 Å². The van der Waals surface area contributed by atoms with Crippen LogP contribution in [0.15, 0.2) is 78.9 Å². The third-order valence-corrected chi connectivity index (χ3v) is 5.51. The monoisotopic (exact) mass is 457 g/mol. The topological polar surface area (TPSA) is 96.0 Å². The van der Waals surface area contributed by atoms with Crippen molar-refractivity contribution in [3.8, 4) is 5.75 Å². The molecule has 1 heterocycles. The Kier molecular flexibility index (Phi) is 6.40. The highest BCUT2D eigenvalue weighted by atomic mass is 16.5. The molecule has 8 heteroatoms. The molecule has 0 spiro atoms. The number of nitrogens with zero attached hydrogens (tertiary/aromatic N) is 2. The summed E-state index contributed by atoms with van der Waals surface area (Å²) in [5.41, 5.74) is 4.25. The number of carbonyl (C=O) groups excluding carboxylic acids is 4. The molecule has 1 saturated heterocycles. The number of hydrogen-bond acceptors (Lipinski definition) is 5. The summed E-state index contributed by atoms with van der Waals surface area (Å²) in [7, 11) is 1.43. The summed E-state index contributed by atoms with van der Waals surface area (Å²) in [5.74, 6) is -2.00. The van der Waals surface area contributed by atoms with Gasteiger partial charge in [-0.25, -0.2) is 9.91 Å². The van der Waals surface area contributed by atoms with E-state index in [1.54, 1.807) is 72.8 Å². The molecule has 34 heavy (non-hydrogen) atoms. The number of carbonyl (C=O) groups is 4. The molecule has 4 amide bonds. The molecule has 4 rings (SSSR count). The molecule has 0 aliphatic carbocycles. The predicted octanol–water partition coefficient (Wildman–Crippen LogP) is 3.12. The first-order valence-electron chi connectivity index (χ1n) is 10.7. The lowest BCUT2D eigenvalue weighted by Crippen LogP contribution is -2.54. The fourth-order valence-corrected chi connectivity index (χ4v) is 3.86. The number of rotatable bonds is 5. The van der Waals surface area contributed by atoms with E-state index in [2.05, 4.69) is 5.43 Å². The summed E-state index contributed by atoms with van der Waals surface area (Å²) in [4.78, 5) is 53.8. The van der Waals surface area contributed by atoms with Crippen molar-refractivity contribution in [2.75, 3.05) is 12.0 Å². The third kappa shape index (κ3) is 4.38. The highest BCUT2D eigenvalue weighted by molar-refractivity contribution is 6.23. The maximum atomic E-state index is 13.5. The number of amides is 4. The van der Waals surface area contributed by atoms with Crippen LogP contribution in [-0.4, -0.2) is 41.8 Å². The second-order valence-corrected chi connectivity index (χ2v) is 7.81. The van der Waals surface area contributed by atoms with E-state index in [1.807, 2.05) is 13.0 Å². The second kappa shape index (κ2) is 9.58. The van der Waals surface area contributed by atoms with Crippen LogP contribution < -0.4 is 15.1 Å². The average Bonchev–Trinajstić information content (AvgIpc) is 3.15. The van der Waals surface area contributed by atoms with Gasteiger partial charge in [-0.3, -0.25) is 24.6 Å². The van der Waals surface area contributed by atoms with Gasteiger partial charge in [-0.1, -0.05) is 48.0 Å². The minimum Gasteiger partial charge on any atom is -0.496 e. The van der Waals surface area contributed by atoms with E-state index in [9.17, 15) is 19.2 Å². The number of anilines is 1. The number of benzene rings is 3. The molecule has 0 aromatic heterocycles. The number of aryl methyl sites for hydroxylation is 1. The normalized spacial score (nSPS) is 15.2. The predicted molar refractivity (Wildman–Crippen MR) is 125 cm³/mol. The lowest BCUT2D eigenvalue weighted by atomic mass is 10.1. The van der Waals surface area contributed by atoms with Gasteiger partial charge in [0.05, 0.1) is 24.8 Å². The van der Waals surface area contributed by atoms with Crippen LogP contribution in [0, 0.1) is 6.92 Å². The number of imide groups is 1. The second-order valence-electron chi connectivity index (χ2n) is 7.81. The van der Waals surface area contributed by atoms with Crippen LogP contribution >= 0.6 is 0 Å². The standard InChI is InChI=1S/C26H23N3O5/c1-17-9-8-10-18(15-17)25(32)29(27-24(31)20-13-6-7-14-22(20)34-2)21-16-23(30)28(26(21)33)19-11-4-3-5-12-19/h3-15,21H,16H2,1-2H3,(H,27,31). The number of nitrogens with one attached hydrogen (secondary N) is 1. The quantitative estimate of drug-likeness (QED) is 0.469. The van der Waals surface area contributed by atoms with Crippen LogP contribution in [0.25, 0.3) is 0 Å². The number of para-hydroxylation sites is 2. The number of hydrazine groups is 1. The lowest BCUT2D eigenvalue weighted by molar-refractivity contribution is -0.122. The van der Waals surface area contributed by atoms with Gasteiger partial charge in [0.1, 0.15) is 11.8 Å². The van der Waals surface area contributed by atoms with Crippen molar-refractivity contribution in [1.29, 1.82) is 0 Å². The van der Waals surface area contributed by atoms with Gasteiger partial charge in [0.15, 0.2) is 0 Å². The summed E-state index contributed by atoms with van der Waals surface area (Å²) in [6, 6.07) is 20.6. The zero-order valence-corrected chi connectivity index (χ0v) is 18.7. The molecule has 1 aliphatic rings. The van der Waals surface area contributed by atoms with E-state index in [0.29, 0.717) is 11.4 Å². The molecule has 1 unspecified atom stereocenters. The van der Waals surface area contributed by atoms with E-state index in [0.717, 1.165) is 15.5 Å². The van der Waals surface area contributed by atoms with E-state index < -0.39 is 29.7 Å². The Hall–Kier alpha value is -4.46. The zero-order valence-electron chi connectivity index (χ0n) is 18.7. The molecule has 172 valence electrons. The molecule has 3 aromatic rings. The Morgan fingerprint density at radius 2 is 1.68 bits per heavy atom. The largest absolute Gasteiger partial charge is 0.496 e. The summed E-state index contributed by atoms with van der Waals surface area (Å²) < 4.78 is 5.25. The van der Waals surface area contributed by atoms with Gasteiger partial charge >= 0.3 is 0 Å². The lowest BCUT2D eigenvalue weighted by Gasteiger charge is -2.28. The van der Waals surface area contributed by atoms with Gasteiger partial charge in [-0.05, 0) is 43.3 Å². The van der Waals surface area contributed by atoms with E-state index in [-0.39, 0.29) is 17.5 Å². The van der Waals surface area contributed by atoms with E-state index in [4.69, 9.17) is 4.74 Å². The maximum Gasteiger partial charge on any atom is 0.273 e. The molecule has 1 fully saturated rings. The van der Waals surface area contributed by atoms with Crippen molar-refractivity contribution in [2.45, 2.75) is 19.4 Å². The van der Waals surface area contributed by atoms with Crippen molar-refractivity contribution in [2.24, 2.45) is 0 Å². The van der Waals surface area contributed by atoms with Crippen LogP contribution in [0.5, 0.6) is 5.75 Å². The first kappa shape index (κ1) is 22.7. The Bertz CT molecular complexity index is 1260. The van der Waals surface area contributed by atoms with E-state index >= 15 is 0 Å². The molecule has 0 bridgehead atoms. The van der Waals surface area contributed by atoms with Gasteiger partial charge in [0.25, 0.3) is 17.7 Å². The SMILES string of the molecule is COc1ccccc1C(=O)NN(C(=O)c1cccc(C)c1)C1CC(=O)N(c2ccccc2)C1=O. The number of ether oxygens (including phenoxy) is 1. The molecule has 3 aromatic carbocycles. The van der Waals surface area contributed by atoms with Gasteiger partial charge in [-0.2, -0.15) is 0 Å². The van der Waals surface area contributed by atoms with Crippen molar-refractivity contribution >= 4 is 29.3 Å². The van der Waals surface area contributed by atoms with Crippen LogP contribution in [0.2, 0.25) is 0 Å². The van der Waals surface area contributed by atoms with Crippen LogP contribution in [0.3, 0.4) is 0 Å². The number of hydrogen-bond donors (Lipinski definition) is 1. The Morgan fingerprint density at radius 1 is 0.971 bits per heavy atom. The van der Waals surface area contributed by atoms with Crippen LogP contribution in [0.1, 0.15) is 32.7 Å². The molecule has 1 atom stereocenters. The molecule has 1 N–H and O–H groups in total. The maximum absolute atomic E-state index is 13.5. The van der Waals surface area contributed by atoms with Crippen LogP contribution in [0.4, 0.5) is 5.69 Å². The molecule has 8 nitrogen and oxygen atoms in total. The van der Waals surface area contributed by atoms with Gasteiger partial charge < -0.3 is 4.74 Å². The summed E-state index contributed by atoms with van der Waals surface area (Å²) in [6.07, 6.45) is -0.266. The van der Waals surface area contributed by atoms with Gasteiger partial charge in [0, 0.05) is 5.56 Å². The Labute approximate surface area is 196 Å². The minimum absolute atomic E-state index is 0.184. The van der Waals surface area contributed by atoms with Crippen LogP contribution in [-0.2, 0) is 9.59 Å². The van der Waals surface area contributed by atoms with Gasteiger partial charge in [-0.15, -0.1) is 0 Å². The average molecular weight is 457 g/mol. The third-order valence-electron chi connectivity index (χ3n) is 5.51. The Morgan fingerprint density at radius 3 is 2.38 bits per heavy atom. The van der Waals surface area contributed by atoms with Crippen molar-refractivity contribution in [3.05, 3.63) is 95.6 Å². The summed E-state index contributed by atoms with van der Waals surface area (Å²) in [6.45, 7) is 1.83. The zero-order chi connectivity index (χ0) is 24.2.